The molecule has 8 nitrogen and oxygen atoms in total. The number of fused-ring (bicyclic) bond motifs is 1. The van der Waals surface area contributed by atoms with Gasteiger partial charge in [-0.05, 0) is 29.2 Å². The highest BCUT2D eigenvalue weighted by Gasteiger charge is 2.34. The second-order valence-electron chi connectivity index (χ2n) is 7.84. The predicted molar refractivity (Wildman–Crippen MR) is 116 cm³/mol. The number of nitrogens with one attached hydrogen (secondary N) is 4. The molecule has 0 aliphatic carbocycles. The molecule has 170 valence electrons. The molecule has 11 heteroatoms. The predicted octanol–water partition coefficient (Wildman–Crippen LogP) is 1.06. The van der Waals surface area contributed by atoms with Gasteiger partial charge in [-0.2, -0.15) is 0 Å². The number of nitrogens with zero attached hydrogens (tertiary/aromatic N) is 2. The summed E-state index contributed by atoms with van der Waals surface area (Å²) in [6.07, 6.45) is 5.14. The zero-order chi connectivity index (χ0) is 22.1. The Morgan fingerprint density at radius 1 is 1.22 bits per heavy atom. The summed E-state index contributed by atoms with van der Waals surface area (Å²) < 4.78 is 32.3. The van der Waals surface area contributed by atoms with Gasteiger partial charge in [0.2, 0.25) is 0 Å². The zero-order valence-corrected chi connectivity index (χ0v) is 18.0. The van der Waals surface area contributed by atoms with E-state index in [1.165, 1.54) is 17.8 Å². The molecule has 4 N–H and O–H groups in total. The number of hydrogen-bond donors (Lipinski definition) is 4. The van der Waals surface area contributed by atoms with E-state index in [2.05, 4.69) is 26.3 Å². The Morgan fingerprint density at radius 2 is 2.06 bits per heavy atom. The van der Waals surface area contributed by atoms with Crippen molar-refractivity contribution < 1.29 is 18.3 Å². The molecule has 4 aliphatic heterocycles. The summed E-state index contributed by atoms with van der Waals surface area (Å²) in [6.45, 7) is 4.07. The van der Waals surface area contributed by atoms with Crippen molar-refractivity contribution in [2.45, 2.75) is 17.7 Å². The highest BCUT2D eigenvalue weighted by molar-refractivity contribution is 8.02. The summed E-state index contributed by atoms with van der Waals surface area (Å²) in [5.74, 6) is -2.05. The lowest BCUT2D eigenvalue weighted by Gasteiger charge is -2.35. The molecule has 1 aromatic carbocycles. The Bertz CT molecular complexity index is 981. The molecule has 3 unspecified atom stereocenters. The molecule has 0 aromatic heterocycles. The van der Waals surface area contributed by atoms with E-state index >= 15 is 0 Å². The molecule has 1 amide bonds. The van der Waals surface area contributed by atoms with E-state index in [1.807, 2.05) is 17.6 Å². The van der Waals surface area contributed by atoms with Gasteiger partial charge in [-0.1, -0.05) is 23.9 Å². The van der Waals surface area contributed by atoms with Crippen LogP contribution in [0.2, 0.25) is 0 Å². The van der Waals surface area contributed by atoms with Crippen LogP contribution in [0.1, 0.15) is 11.6 Å². The Labute approximate surface area is 188 Å². The molecule has 0 radical (unpaired) electrons. The molecule has 3 atom stereocenters. The Hall–Kier alpha value is -2.60. The van der Waals surface area contributed by atoms with Crippen molar-refractivity contribution in [2.75, 3.05) is 32.8 Å². The van der Waals surface area contributed by atoms with E-state index in [4.69, 9.17) is 4.74 Å². The van der Waals surface area contributed by atoms with E-state index in [9.17, 15) is 13.6 Å². The third-order valence-electron chi connectivity index (χ3n) is 5.65. The number of hydrogen-bond acceptors (Lipinski definition) is 8. The van der Waals surface area contributed by atoms with Crippen LogP contribution < -0.4 is 21.4 Å². The fourth-order valence-electron chi connectivity index (χ4n) is 3.96. The molecule has 1 saturated heterocycles. The van der Waals surface area contributed by atoms with Crippen LogP contribution in [0.4, 0.5) is 8.78 Å². The average molecular weight is 463 g/mol. The largest absolute Gasteiger partial charge is 0.379 e. The minimum atomic E-state index is -0.905. The Morgan fingerprint density at radius 3 is 2.88 bits per heavy atom. The van der Waals surface area contributed by atoms with Crippen LogP contribution in [0, 0.1) is 11.6 Å². The first-order valence-corrected chi connectivity index (χ1v) is 11.4. The second-order valence-corrected chi connectivity index (χ2v) is 8.82. The SMILES string of the molecule is O=C(NC1NC(CN2CCOCC2)=CS1)C1=CNC2C=CC(c3ccc(F)c(F)c3)NN12. The van der Waals surface area contributed by atoms with Crippen molar-refractivity contribution >= 4 is 17.7 Å². The number of ether oxygens (including phenoxy) is 1. The van der Waals surface area contributed by atoms with E-state index in [0.717, 1.165) is 50.7 Å². The molecule has 0 bridgehead atoms. The maximum absolute atomic E-state index is 13.7. The van der Waals surface area contributed by atoms with Crippen LogP contribution in [-0.4, -0.2) is 60.3 Å². The van der Waals surface area contributed by atoms with E-state index < -0.39 is 17.7 Å². The molecule has 4 aliphatic rings. The number of rotatable bonds is 5. The fraction of sp³-hybridized carbons (Fsp3) is 0.381. The average Bonchev–Trinajstić information content (AvgIpc) is 3.42. The van der Waals surface area contributed by atoms with Gasteiger partial charge >= 0.3 is 0 Å². The summed E-state index contributed by atoms with van der Waals surface area (Å²) in [7, 11) is 0. The van der Waals surface area contributed by atoms with Crippen molar-refractivity contribution in [1.82, 2.24) is 31.3 Å². The maximum Gasteiger partial charge on any atom is 0.272 e. The number of benzene rings is 1. The molecule has 4 heterocycles. The maximum atomic E-state index is 13.7. The normalized spacial score (nSPS) is 27.3. The van der Waals surface area contributed by atoms with Gasteiger partial charge in [-0.25, -0.2) is 14.2 Å². The van der Waals surface area contributed by atoms with Gasteiger partial charge in [0, 0.05) is 31.5 Å². The third kappa shape index (κ3) is 4.46. The minimum absolute atomic E-state index is 0.239. The second kappa shape index (κ2) is 9.10. The van der Waals surface area contributed by atoms with Gasteiger partial charge in [-0.15, -0.1) is 0 Å². The molecule has 5 rings (SSSR count). The molecule has 32 heavy (non-hydrogen) atoms. The Balaban J connectivity index is 1.17. The van der Waals surface area contributed by atoms with Crippen molar-refractivity contribution in [3.8, 4) is 0 Å². The standard InChI is InChI=1S/C21H24F2N6O2S/c22-15-2-1-13(9-16(15)23)17-3-4-19-24-10-18(29(19)27-17)20(30)26-21-25-14(12-32-21)11-28-5-7-31-8-6-28/h1-4,9-10,12,17,19,21,24-25,27H,5-8,11H2,(H,26,30). The van der Waals surface area contributed by atoms with Crippen molar-refractivity contribution in [2.24, 2.45) is 0 Å². The van der Waals surface area contributed by atoms with Gasteiger partial charge in [0.1, 0.15) is 11.9 Å². The lowest BCUT2D eigenvalue weighted by Crippen LogP contribution is -2.52. The molecule has 0 saturated carbocycles. The van der Waals surface area contributed by atoms with Gasteiger partial charge < -0.3 is 20.7 Å². The number of carbonyl (C=O) groups excluding carboxylic acids is 1. The number of hydrazine groups is 1. The van der Waals surface area contributed by atoms with Gasteiger partial charge in [0.25, 0.3) is 5.91 Å². The minimum Gasteiger partial charge on any atom is -0.379 e. The smallest absolute Gasteiger partial charge is 0.272 e. The van der Waals surface area contributed by atoms with E-state index in [0.29, 0.717) is 11.3 Å². The summed E-state index contributed by atoms with van der Waals surface area (Å²) in [4.78, 5) is 15.3. The van der Waals surface area contributed by atoms with E-state index in [1.54, 1.807) is 11.2 Å². The van der Waals surface area contributed by atoms with Crippen LogP contribution in [0.5, 0.6) is 0 Å². The summed E-state index contributed by atoms with van der Waals surface area (Å²) in [6, 6.07) is 3.39. The summed E-state index contributed by atoms with van der Waals surface area (Å²) in [5.41, 5.74) is 4.98. The lowest BCUT2D eigenvalue weighted by atomic mass is 10.0. The first kappa shape index (κ1) is 21.3. The van der Waals surface area contributed by atoms with Crippen LogP contribution >= 0.6 is 11.8 Å². The van der Waals surface area contributed by atoms with Crippen molar-refractivity contribution in [3.63, 3.8) is 0 Å². The molecular formula is C21H24F2N6O2S. The fourth-order valence-corrected chi connectivity index (χ4v) is 4.80. The molecule has 1 fully saturated rings. The van der Waals surface area contributed by atoms with E-state index in [-0.39, 0.29) is 17.6 Å². The van der Waals surface area contributed by atoms with Crippen LogP contribution in [0.25, 0.3) is 0 Å². The molecule has 0 spiro atoms. The number of amides is 1. The van der Waals surface area contributed by atoms with Crippen LogP contribution in [0.3, 0.4) is 0 Å². The summed E-state index contributed by atoms with van der Waals surface area (Å²) >= 11 is 1.52. The Kier molecular flexibility index (Phi) is 6.05. The van der Waals surface area contributed by atoms with Crippen molar-refractivity contribution in [3.05, 3.63) is 70.6 Å². The van der Waals surface area contributed by atoms with Crippen LogP contribution in [-0.2, 0) is 9.53 Å². The van der Waals surface area contributed by atoms with Crippen LogP contribution in [0.15, 0.2) is 53.4 Å². The zero-order valence-electron chi connectivity index (χ0n) is 17.2. The monoisotopic (exact) mass is 462 g/mol. The van der Waals surface area contributed by atoms with Gasteiger partial charge in [0.05, 0.1) is 19.3 Å². The van der Waals surface area contributed by atoms with Gasteiger partial charge in [0.15, 0.2) is 17.1 Å². The summed E-state index contributed by atoms with van der Waals surface area (Å²) in [5, 5.41) is 13.2. The molecule has 1 aromatic rings. The number of halogens is 2. The lowest BCUT2D eigenvalue weighted by molar-refractivity contribution is -0.119. The van der Waals surface area contributed by atoms with Gasteiger partial charge in [-0.3, -0.25) is 14.7 Å². The van der Waals surface area contributed by atoms with Crippen molar-refractivity contribution in [1.29, 1.82) is 0 Å². The highest BCUT2D eigenvalue weighted by Crippen LogP contribution is 2.27. The molecular weight excluding hydrogens is 438 g/mol. The first-order valence-electron chi connectivity index (χ1n) is 10.4. The topological polar surface area (TPSA) is 80.9 Å². The number of carbonyl (C=O) groups is 1. The third-order valence-corrected chi connectivity index (χ3v) is 6.58. The quantitative estimate of drug-likeness (QED) is 0.484. The highest BCUT2D eigenvalue weighted by atomic mass is 32.2. The first-order chi connectivity index (χ1) is 15.6. The number of morpholine rings is 1. The number of thioether (sulfide) groups is 1.